The Hall–Kier alpha value is -0.690. The van der Waals surface area contributed by atoms with Gasteiger partial charge in [-0.2, -0.15) is 0 Å². The Morgan fingerprint density at radius 1 is 1.36 bits per heavy atom. The molecular weight excluding hydrogens is 194 g/mol. The van der Waals surface area contributed by atoms with Crippen molar-refractivity contribution in [2.75, 3.05) is 4.90 Å². The second-order valence-electron chi connectivity index (χ2n) is 4.02. The van der Waals surface area contributed by atoms with Crippen LogP contribution >= 0.6 is 11.6 Å². The van der Waals surface area contributed by atoms with Crippen molar-refractivity contribution in [3.8, 4) is 0 Å². The number of halogens is 1. The van der Waals surface area contributed by atoms with E-state index in [4.69, 9.17) is 13.0 Å². The summed E-state index contributed by atoms with van der Waals surface area (Å²) < 4.78 is 8.14. The molecule has 76 valence electrons. The molecule has 0 atom stereocenters. The molecule has 2 rings (SSSR count). The zero-order valence-corrected chi connectivity index (χ0v) is 9.38. The molecule has 0 saturated heterocycles. The maximum Gasteiger partial charge on any atom is 0.0524 e. The fourth-order valence-corrected chi connectivity index (χ4v) is 1.89. The van der Waals surface area contributed by atoms with Gasteiger partial charge in [0.2, 0.25) is 0 Å². The summed E-state index contributed by atoms with van der Waals surface area (Å²) in [7, 11) is 0. The average molecular weight is 211 g/mol. The molecule has 14 heavy (non-hydrogen) atoms. The summed E-state index contributed by atoms with van der Waals surface area (Å²) in [6.07, 6.45) is 2.40. The van der Waals surface area contributed by atoms with Gasteiger partial charge in [-0.15, -0.1) is 0 Å². The summed E-state index contributed by atoms with van der Waals surface area (Å²) in [6, 6.07) is 7.75. The molecule has 1 aromatic carbocycles. The maximum absolute atomic E-state index is 8.14. The zero-order valence-electron chi connectivity index (χ0n) is 9.63. The number of hydrogen-bond acceptors (Lipinski definition) is 1. The lowest BCUT2D eigenvalue weighted by Crippen LogP contribution is -2.32. The van der Waals surface area contributed by atoms with Crippen molar-refractivity contribution in [1.29, 1.82) is 0 Å². The predicted octanol–water partition coefficient (Wildman–Crippen LogP) is 3.72. The van der Waals surface area contributed by atoms with Crippen LogP contribution in [0.1, 0.15) is 28.1 Å². The Kier molecular flexibility index (Phi) is 2.35. The first kappa shape index (κ1) is 8.60. The largest absolute Gasteiger partial charge is 0.366 e. The molecule has 0 bridgehead atoms. The monoisotopic (exact) mass is 210 g/mol. The van der Waals surface area contributed by atoms with Gasteiger partial charge in [0.1, 0.15) is 0 Å². The van der Waals surface area contributed by atoms with Gasteiger partial charge >= 0.3 is 0 Å². The quantitative estimate of drug-likeness (QED) is 0.735. The van der Waals surface area contributed by atoms with Crippen molar-refractivity contribution in [2.45, 2.75) is 38.7 Å². The number of nitrogens with zero attached hydrogens (tertiary/aromatic N) is 1. The van der Waals surface area contributed by atoms with E-state index in [1.54, 1.807) is 0 Å². The molecule has 1 aromatic rings. The smallest absolute Gasteiger partial charge is 0.0524 e. The van der Waals surface area contributed by atoms with Crippen LogP contribution in [0.25, 0.3) is 0 Å². The second-order valence-corrected chi connectivity index (χ2v) is 4.46. The van der Waals surface area contributed by atoms with E-state index in [1.165, 1.54) is 12.8 Å². The molecule has 0 radical (unpaired) electrons. The van der Waals surface area contributed by atoms with Gasteiger partial charge in [0, 0.05) is 22.8 Å². The fourth-order valence-electron chi connectivity index (χ4n) is 1.77. The second kappa shape index (κ2) is 3.82. The average Bonchev–Trinajstić information content (AvgIpc) is 2.90. The summed E-state index contributed by atoms with van der Waals surface area (Å²) in [5, 5.41) is 0.747. The summed E-state index contributed by atoms with van der Waals surface area (Å²) >= 11 is 5.86. The number of benzene rings is 1. The van der Waals surface area contributed by atoms with E-state index >= 15 is 0 Å². The van der Waals surface area contributed by atoms with Gasteiger partial charge in [-0.05, 0) is 51.0 Å². The van der Waals surface area contributed by atoms with Crippen LogP contribution in [-0.4, -0.2) is 12.1 Å². The van der Waals surface area contributed by atoms with E-state index in [9.17, 15) is 0 Å². The predicted molar refractivity (Wildman–Crippen MR) is 62.1 cm³/mol. The highest BCUT2D eigenvalue weighted by Crippen LogP contribution is 2.33. The van der Waals surface area contributed by atoms with Crippen molar-refractivity contribution < 1.29 is 1.37 Å². The van der Waals surface area contributed by atoms with Crippen molar-refractivity contribution in [2.24, 2.45) is 0 Å². The molecule has 1 saturated carbocycles. The van der Waals surface area contributed by atoms with Crippen LogP contribution in [0.5, 0.6) is 0 Å². The van der Waals surface area contributed by atoms with Gasteiger partial charge in [0.05, 0.1) is 1.37 Å². The van der Waals surface area contributed by atoms with Crippen LogP contribution in [0.2, 0.25) is 5.02 Å². The third-order valence-corrected chi connectivity index (χ3v) is 2.75. The highest BCUT2D eigenvalue weighted by molar-refractivity contribution is 6.30. The summed E-state index contributed by atoms with van der Waals surface area (Å²) in [4.78, 5) is 2.17. The van der Waals surface area contributed by atoms with Crippen LogP contribution < -0.4 is 4.90 Å². The van der Waals surface area contributed by atoms with Gasteiger partial charge in [0.15, 0.2) is 0 Å². The summed E-state index contributed by atoms with van der Waals surface area (Å²) in [5.41, 5.74) is 1.10. The Balaban J connectivity index is 2.28. The van der Waals surface area contributed by atoms with E-state index in [2.05, 4.69) is 4.90 Å². The lowest BCUT2D eigenvalue weighted by atomic mass is 10.2. The lowest BCUT2D eigenvalue weighted by molar-refractivity contribution is 0.679. The standard InChI is InChI=1S/C12H16ClN/c1-9(2)14(12-7-8-12)11-5-3-10(13)4-6-11/h3-6,9,12H,7-8H2,1-2H3/i9D. The minimum absolute atomic E-state index is 0.540. The van der Waals surface area contributed by atoms with Crippen LogP contribution in [0, 0.1) is 0 Å². The van der Waals surface area contributed by atoms with E-state index < -0.39 is 6.02 Å². The van der Waals surface area contributed by atoms with Gasteiger partial charge in [-0.25, -0.2) is 0 Å². The number of anilines is 1. The van der Waals surface area contributed by atoms with Crippen LogP contribution in [0.4, 0.5) is 5.69 Å². The molecule has 0 aliphatic heterocycles. The van der Waals surface area contributed by atoms with Crippen molar-refractivity contribution in [3.05, 3.63) is 29.3 Å². The Labute approximate surface area is 92.1 Å². The van der Waals surface area contributed by atoms with E-state index in [0.29, 0.717) is 6.04 Å². The third-order valence-electron chi connectivity index (χ3n) is 2.50. The topological polar surface area (TPSA) is 3.24 Å². The molecule has 1 aliphatic rings. The van der Waals surface area contributed by atoms with Crippen molar-refractivity contribution >= 4 is 17.3 Å². The van der Waals surface area contributed by atoms with Gasteiger partial charge in [-0.3, -0.25) is 0 Å². The SMILES string of the molecule is [2H]C(C)(C)N(c1ccc(Cl)cc1)C1CC1. The first-order valence-corrected chi connectivity index (χ1v) is 5.41. The Bertz CT molecular complexity index is 338. The lowest BCUT2D eigenvalue weighted by Gasteiger charge is -2.29. The zero-order chi connectivity index (χ0) is 11.1. The normalized spacial score (nSPS) is 17.8. The Morgan fingerprint density at radius 3 is 2.36 bits per heavy atom. The third kappa shape index (κ3) is 2.03. The molecular formula is C12H16ClN. The van der Waals surface area contributed by atoms with Crippen molar-refractivity contribution in [1.82, 2.24) is 0 Å². The summed E-state index contributed by atoms with van der Waals surface area (Å²) in [6.45, 7) is 3.86. The van der Waals surface area contributed by atoms with E-state index in [1.807, 2.05) is 38.1 Å². The fraction of sp³-hybridized carbons (Fsp3) is 0.500. The molecule has 0 amide bonds. The molecule has 1 nitrogen and oxygen atoms in total. The van der Waals surface area contributed by atoms with Crippen LogP contribution in [-0.2, 0) is 0 Å². The molecule has 2 heteroatoms. The van der Waals surface area contributed by atoms with E-state index in [0.717, 1.165) is 10.7 Å². The minimum Gasteiger partial charge on any atom is -0.366 e. The van der Waals surface area contributed by atoms with Gasteiger partial charge in [-0.1, -0.05) is 11.6 Å². The highest BCUT2D eigenvalue weighted by atomic mass is 35.5. The van der Waals surface area contributed by atoms with Gasteiger partial charge in [0.25, 0.3) is 0 Å². The molecule has 0 N–H and O–H groups in total. The highest BCUT2D eigenvalue weighted by Gasteiger charge is 2.30. The summed E-state index contributed by atoms with van der Waals surface area (Å²) in [5.74, 6) is 0. The van der Waals surface area contributed by atoms with Crippen LogP contribution in [0.15, 0.2) is 24.3 Å². The minimum atomic E-state index is -0.561. The first-order chi connectivity index (χ1) is 6.98. The Morgan fingerprint density at radius 2 is 1.93 bits per heavy atom. The van der Waals surface area contributed by atoms with Crippen molar-refractivity contribution in [3.63, 3.8) is 0 Å². The van der Waals surface area contributed by atoms with E-state index in [-0.39, 0.29) is 0 Å². The van der Waals surface area contributed by atoms with Crippen LogP contribution in [0.3, 0.4) is 0 Å². The number of hydrogen-bond donors (Lipinski definition) is 0. The number of rotatable bonds is 3. The molecule has 1 fully saturated rings. The molecule has 0 heterocycles. The maximum atomic E-state index is 8.14. The molecule has 1 aliphatic carbocycles. The first-order valence-electron chi connectivity index (χ1n) is 5.53. The molecule has 0 unspecified atom stereocenters. The molecule has 0 aromatic heterocycles. The van der Waals surface area contributed by atoms with Gasteiger partial charge < -0.3 is 4.90 Å². The molecule has 0 spiro atoms.